The highest BCUT2D eigenvalue weighted by Crippen LogP contribution is 2.14. The molecule has 2 aromatic carbocycles. The molecular formula is C16H17NO2. The van der Waals surface area contributed by atoms with Gasteiger partial charge >= 0.3 is 0 Å². The Hall–Kier alpha value is -2.13. The largest absolute Gasteiger partial charge is 0.394 e. The first-order valence-corrected chi connectivity index (χ1v) is 6.24. The first-order valence-electron chi connectivity index (χ1n) is 6.24. The second-order valence-corrected chi connectivity index (χ2v) is 4.49. The molecule has 1 amide bonds. The van der Waals surface area contributed by atoms with Crippen molar-refractivity contribution in [2.24, 2.45) is 0 Å². The van der Waals surface area contributed by atoms with Crippen LogP contribution in [0.25, 0.3) is 0 Å². The number of hydrogen-bond donors (Lipinski definition) is 2. The highest BCUT2D eigenvalue weighted by Gasteiger charge is 2.14. The Labute approximate surface area is 112 Å². The van der Waals surface area contributed by atoms with Gasteiger partial charge in [0.1, 0.15) is 0 Å². The average Bonchev–Trinajstić information content (AvgIpc) is 2.45. The number of rotatable bonds is 4. The topological polar surface area (TPSA) is 49.3 Å². The number of carbonyl (C=O) groups is 1. The van der Waals surface area contributed by atoms with Crippen LogP contribution in [0.5, 0.6) is 0 Å². The van der Waals surface area contributed by atoms with E-state index in [9.17, 15) is 9.90 Å². The molecule has 19 heavy (non-hydrogen) atoms. The molecule has 2 aromatic rings. The van der Waals surface area contributed by atoms with Crippen molar-refractivity contribution in [2.75, 3.05) is 6.61 Å². The Kier molecular flexibility index (Phi) is 4.31. The summed E-state index contributed by atoms with van der Waals surface area (Å²) in [5.41, 5.74) is 2.60. The normalized spacial score (nSPS) is 11.9. The van der Waals surface area contributed by atoms with E-state index < -0.39 is 0 Å². The third-order valence-electron chi connectivity index (χ3n) is 2.97. The van der Waals surface area contributed by atoms with Crippen LogP contribution in [0.15, 0.2) is 54.6 Å². The number of aliphatic hydroxyl groups is 1. The van der Waals surface area contributed by atoms with Crippen molar-refractivity contribution in [2.45, 2.75) is 13.0 Å². The summed E-state index contributed by atoms with van der Waals surface area (Å²) in [5, 5.41) is 12.3. The van der Waals surface area contributed by atoms with Gasteiger partial charge in [-0.3, -0.25) is 4.79 Å². The average molecular weight is 255 g/mol. The minimum absolute atomic E-state index is 0.123. The second kappa shape index (κ2) is 6.16. The lowest BCUT2D eigenvalue weighted by Crippen LogP contribution is -2.30. The van der Waals surface area contributed by atoms with Gasteiger partial charge in [0.25, 0.3) is 5.91 Å². The molecule has 1 atom stereocenters. The fourth-order valence-corrected chi connectivity index (χ4v) is 1.95. The maximum atomic E-state index is 12.1. The minimum atomic E-state index is -0.382. The predicted molar refractivity (Wildman–Crippen MR) is 74.9 cm³/mol. The number of nitrogens with one attached hydrogen (secondary N) is 1. The van der Waals surface area contributed by atoms with Crippen LogP contribution in [0.3, 0.4) is 0 Å². The summed E-state index contributed by atoms with van der Waals surface area (Å²) in [6.07, 6.45) is 0. The maximum Gasteiger partial charge on any atom is 0.251 e. The molecule has 98 valence electrons. The van der Waals surface area contributed by atoms with E-state index in [1.807, 2.05) is 49.4 Å². The fourth-order valence-electron chi connectivity index (χ4n) is 1.95. The SMILES string of the molecule is Cc1cccc(C(CO)NC(=O)c2ccccc2)c1. The minimum Gasteiger partial charge on any atom is -0.394 e. The molecule has 0 fully saturated rings. The van der Waals surface area contributed by atoms with Gasteiger partial charge in [0.2, 0.25) is 0 Å². The van der Waals surface area contributed by atoms with Crippen molar-refractivity contribution in [1.29, 1.82) is 0 Å². The summed E-state index contributed by atoms with van der Waals surface area (Å²) < 4.78 is 0. The van der Waals surface area contributed by atoms with Crippen LogP contribution in [-0.2, 0) is 0 Å². The molecule has 0 aliphatic carbocycles. The molecule has 0 heterocycles. The first kappa shape index (κ1) is 13.3. The van der Waals surface area contributed by atoms with Crippen molar-refractivity contribution >= 4 is 5.91 Å². The second-order valence-electron chi connectivity index (χ2n) is 4.49. The molecule has 2 N–H and O–H groups in total. The Balaban J connectivity index is 2.14. The van der Waals surface area contributed by atoms with E-state index in [1.54, 1.807) is 12.1 Å². The van der Waals surface area contributed by atoms with Crippen molar-refractivity contribution in [3.63, 3.8) is 0 Å². The van der Waals surface area contributed by atoms with E-state index in [4.69, 9.17) is 0 Å². The number of aryl methyl sites for hydroxylation is 1. The van der Waals surface area contributed by atoms with Gasteiger partial charge in [-0.1, -0.05) is 48.0 Å². The number of benzene rings is 2. The fraction of sp³-hybridized carbons (Fsp3) is 0.188. The summed E-state index contributed by atoms with van der Waals surface area (Å²) >= 11 is 0. The summed E-state index contributed by atoms with van der Waals surface area (Å²) in [4.78, 5) is 12.1. The van der Waals surface area contributed by atoms with Gasteiger partial charge in [-0.25, -0.2) is 0 Å². The van der Waals surface area contributed by atoms with Crippen molar-refractivity contribution < 1.29 is 9.90 Å². The zero-order chi connectivity index (χ0) is 13.7. The molecule has 0 aliphatic rings. The van der Waals surface area contributed by atoms with Gasteiger partial charge in [0, 0.05) is 5.56 Å². The monoisotopic (exact) mass is 255 g/mol. The van der Waals surface area contributed by atoms with Gasteiger partial charge in [-0.15, -0.1) is 0 Å². The third-order valence-corrected chi connectivity index (χ3v) is 2.97. The molecule has 0 spiro atoms. The lowest BCUT2D eigenvalue weighted by molar-refractivity contribution is 0.0916. The molecule has 0 aliphatic heterocycles. The van der Waals surface area contributed by atoms with Crippen LogP contribution in [0.2, 0.25) is 0 Å². The van der Waals surface area contributed by atoms with Gasteiger partial charge in [-0.05, 0) is 24.6 Å². The van der Waals surface area contributed by atoms with E-state index >= 15 is 0 Å². The van der Waals surface area contributed by atoms with Crippen LogP contribution in [0.4, 0.5) is 0 Å². The van der Waals surface area contributed by atoms with Gasteiger partial charge in [0.15, 0.2) is 0 Å². The van der Waals surface area contributed by atoms with Crippen LogP contribution in [0, 0.1) is 6.92 Å². The number of hydrogen-bond acceptors (Lipinski definition) is 2. The molecule has 0 saturated carbocycles. The predicted octanol–water partition coefficient (Wildman–Crippen LogP) is 2.46. The van der Waals surface area contributed by atoms with Crippen LogP contribution < -0.4 is 5.32 Å². The molecule has 0 saturated heterocycles. The molecule has 3 heteroatoms. The lowest BCUT2D eigenvalue weighted by atomic mass is 10.0. The first-order chi connectivity index (χ1) is 9.20. The summed E-state index contributed by atoms with van der Waals surface area (Å²) in [5.74, 6) is -0.179. The molecule has 2 rings (SSSR count). The van der Waals surface area contributed by atoms with E-state index in [1.165, 1.54) is 0 Å². The summed E-state index contributed by atoms with van der Waals surface area (Å²) in [6.45, 7) is 1.86. The highest BCUT2D eigenvalue weighted by molar-refractivity contribution is 5.94. The van der Waals surface area contributed by atoms with E-state index in [0.717, 1.165) is 11.1 Å². The van der Waals surface area contributed by atoms with Gasteiger partial charge in [0.05, 0.1) is 12.6 Å². The van der Waals surface area contributed by atoms with Crippen molar-refractivity contribution in [3.8, 4) is 0 Å². The number of amides is 1. The summed E-state index contributed by atoms with van der Waals surface area (Å²) in [7, 11) is 0. The van der Waals surface area contributed by atoms with E-state index in [2.05, 4.69) is 5.32 Å². The van der Waals surface area contributed by atoms with Crippen LogP contribution >= 0.6 is 0 Å². The zero-order valence-corrected chi connectivity index (χ0v) is 10.8. The molecular weight excluding hydrogens is 238 g/mol. The van der Waals surface area contributed by atoms with Crippen LogP contribution in [-0.4, -0.2) is 17.6 Å². The number of aliphatic hydroxyl groups excluding tert-OH is 1. The highest BCUT2D eigenvalue weighted by atomic mass is 16.3. The maximum absolute atomic E-state index is 12.1. The van der Waals surface area contributed by atoms with Crippen molar-refractivity contribution in [1.82, 2.24) is 5.32 Å². The molecule has 3 nitrogen and oxygen atoms in total. The standard InChI is InChI=1S/C16H17NO2/c1-12-6-5-9-14(10-12)15(11-18)17-16(19)13-7-3-2-4-8-13/h2-10,15,18H,11H2,1H3,(H,17,19). The lowest BCUT2D eigenvalue weighted by Gasteiger charge is -2.17. The molecule has 0 bridgehead atoms. The Morgan fingerprint density at radius 3 is 2.53 bits per heavy atom. The molecule has 0 aromatic heterocycles. The Bertz CT molecular complexity index is 552. The third kappa shape index (κ3) is 3.42. The quantitative estimate of drug-likeness (QED) is 0.881. The van der Waals surface area contributed by atoms with Gasteiger partial charge in [-0.2, -0.15) is 0 Å². The smallest absolute Gasteiger partial charge is 0.251 e. The van der Waals surface area contributed by atoms with E-state index in [0.29, 0.717) is 5.56 Å². The Morgan fingerprint density at radius 1 is 1.16 bits per heavy atom. The summed E-state index contributed by atoms with van der Waals surface area (Å²) in [6, 6.07) is 16.4. The molecule has 1 unspecified atom stereocenters. The van der Waals surface area contributed by atoms with Crippen molar-refractivity contribution in [3.05, 3.63) is 71.3 Å². The zero-order valence-electron chi connectivity index (χ0n) is 10.8. The van der Waals surface area contributed by atoms with Gasteiger partial charge < -0.3 is 10.4 Å². The van der Waals surface area contributed by atoms with E-state index in [-0.39, 0.29) is 18.6 Å². The number of carbonyl (C=O) groups excluding carboxylic acids is 1. The Morgan fingerprint density at radius 2 is 1.89 bits per heavy atom. The molecule has 0 radical (unpaired) electrons. The van der Waals surface area contributed by atoms with Crippen LogP contribution in [0.1, 0.15) is 27.5 Å².